The van der Waals surface area contributed by atoms with Gasteiger partial charge < -0.3 is 43.4 Å². The van der Waals surface area contributed by atoms with E-state index in [1.54, 1.807) is 28.4 Å². The monoisotopic (exact) mass is 672 g/mol. The summed E-state index contributed by atoms with van der Waals surface area (Å²) in [5.41, 5.74) is 5.34. The van der Waals surface area contributed by atoms with Crippen molar-refractivity contribution in [2.45, 2.75) is 77.2 Å². The molecule has 9 nitrogen and oxygen atoms in total. The fourth-order valence-corrected chi connectivity index (χ4v) is 6.33. The third kappa shape index (κ3) is 8.07. The van der Waals surface area contributed by atoms with Crippen molar-refractivity contribution < 1.29 is 43.4 Å². The van der Waals surface area contributed by atoms with Gasteiger partial charge in [-0.3, -0.25) is 0 Å². The number of ether oxygens (including phenoxy) is 7. The Labute approximate surface area is 289 Å². The van der Waals surface area contributed by atoms with Gasteiger partial charge in [-0.15, -0.1) is 0 Å². The van der Waals surface area contributed by atoms with E-state index in [0.717, 1.165) is 57.7 Å². The average Bonchev–Trinajstić information content (AvgIpc) is 3.61. The molecule has 5 rings (SSSR count). The van der Waals surface area contributed by atoms with Crippen molar-refractivity contribution in [2.24, 2.45) is 0 Å². The Balaban J connectivity index is 1.23. The summed E-state index contributed by atoms with van der Waals surface area (Å²) >= 11 is 0. The molecule has 4 aromatic carbocycles. The predicted molar refractivity (Wildman–Crippen MR) is 187 cm³/mol. The second-order valence-electron chi connectivity index (χ2n) is 12.5. The van der Waals surface area contributed by atoms with Gasteiger partial charge in [0.25, 0.3) is 0 Å². The summed E-state index contributed by atoms with van der Waals surface area (Å²) in [6.07, 6.45) is -1.36. The molecule has 1 aliphatic heterocycles. The lowest BCUT2D eigenvalue weighted by Crippen LogP contribution is -2.22. The van der Waals surface area contributed by atoms with E-state index >= 15 is 0 Å². The quantitative estimate of drug-likeness (QED) is 0.138. The maximum Gasteiger partial charge on any atom is 0.161 e. The zero-order chi connectivity index (χ0) is 35.2. The van der Waals surface area contributed by atoms with E-state index < -0.39 is 24.4 Å². The van der Waals surface area contributed by atoms with E-state index in [9.17, 15) is 10.2 Å². The van der Waals surface area contributed by atoms with Gasteiger partial charge in [-0.05, 0) is 122 Å². The average molecular weight is 673 g/mol. The first-order valence-electron chi connectivity index (χ1n) is 16.6. The molecule has 1 heterocycles. The molecule has 0 radical (unpaired) electrons. The Kier molecular flexibility index (Phi) is 11.6. The molecule has 1 unspecified atom stereocenters. The lowest BCUT2D eigenvalue weighted by molar-refractivity contribution is 0.0409. The highest BCUT2D eigenvalue weighted by atomic mass is 16.5. The molecule has 0 bridgehead atoms. The molecule has 1 saturated heterocycles. The molecule has 0 amide bonds. The van der Waals surface area contributed by atoms with Gasteiger partial charge in [0, 0.05) is 0 Å². The molecule has 262 valence electrons. The van der Waals surface area contributed by atoms with Crippen LogP contribution < -0.4 is 28.4 Å². The molecule has 6 atom stereocenters. The third-order valence-electron chi connectivity index (χ3n) is 9.17. The largest absolute Gasteiger partial charge is 0.496 e. The molecular formula is C40H48O9. The molecule has 0 saturated carbocycles. The van der Waals surface area contributed by atoms with E-state index in [4.69, 9.17) is 33.2 Å². The summed E-state index contributed by atoms with van der Waals surface area (Å²) in [7, 11) is 6.46. The summed E-state index contributed by atoms with van der Waals surface area (Å²) in [6, 6.07) is 22.8. The Morgan fingerprint density at radius 3 is 1.24 bits per heavy atom. The third-order valence-corrected chi connectivity index (χ3v) is 9.17. The molecule has 2 N–H and O–H groups in total. The van der Waals surface area contributed by atoms with Crippen molar-refractivity contribution in [3.05, 3.63) is 106 Å². The Morgan fingerprint density at radius 2 is 0.898 bits per heavy atom. The molecule has 49 heavy (non-hydrogen) atoms. The molecule has 9 heteroatoms. The van der Waals surface area contributed by atoms with Crippen LogP contribution in [0.15, 0.2) is 72.8 Å². The lowest BCUT2D eigenvalue weighted by Gasteiger charge is -2.24. The lowest BCUT2D eigenvalue weighted by atomic mass is 10.0. The Morgan fingerprint density at radius 1 is 0.531 bits per heavy atom. The van der Waals surface area contributed by atoms with Crippen molar-refractivity contribution in [3.8, 4) is 34.5 Å². The smallest absolute Gasteiger partial charge is 0.161 e. The van der Waals surface area contributed by atoms with Crippen molar-refractivity contribution in [1.29, 1.82) is 0 Å². The Hall–Kier alpha value is -4.44. The summed E-state index contributed by atoms with van der Waals surface area (Å²) in [5, 5.41) is 22.0. The van der Waals surface area contributed by atoms with Crippen molar-refractivity contribution in [2.75, 3.05) is 28.4 Å². The van der Waals surface area contributed by atoms with Gasteiger partial charge in [-0.25, -0.2) is 0 Å². The first kappa shape index (κ1) is 35.9. The van der Waals surface area contributed by atoms with Crippen LogP contribution in [0.1, 0.15) is 84.5 Å². The van der Waals surface area contributed by atoms with E-state index in [0.29, 0.717) is 23.0 Å². The van der Waals surface area contributed by atoms with Crippen LogP contribution >= 0.6 is 0 Å². The summed E-state index contributed by atoms with van der Waals surface area (Å²) < 4.78 is 41.0. The number of benzene rings is 4. The number of methoxy groups -OCH3 is 4. The topological polar surface area (TPSA) is 105 Å². The predicted octanol–water partition coefficient (Wildman–Crippen LogP) is 7.93. The number of rotatable bonds is 14. The number of aliphatic hydroxyl groups excluding tert-OH is 2. The van der Waals surface area contributed by atoms with E-state index in [1.165, 1.54) is 0 Å². The summed E-state index contributed by atoms with van der Waals surface area (Å²) in [6.45, 7) is 7.55. The maximum atomic E-state index is 11.0. The molecular weight excluding hydrogens is 624 g/mol. The molecule has 0 aliphatic carbocycles. The van der Waals surface area contributed by atoms with E-state index in [2.05, 4.69) is 0 Å². The van der Waals surface area contributed by atoms with Crippen LogP contribution in [-0.4, -0.2) is 50.9 Å². The molecule has 1 fully saturated rings. The van der Waals surface area contributed by atoms with Crippen LogP contribution in [0.4, 0.5) is 0 Å². The van der Waals surface area contributed by atoms with E-state index in [1.807, 2.05) is 100 Å². The number of aliphatic hydroxyl groups is 2. The minimum absolute atomic E-state index is 0.136. The number of aryl methyl sites for hydroxylation is 2. The van der Waals surface area contributed by atoms with Crippen molar-refractivity contribution in [1.82, 2.24) is 0 Å². The van der Waals surface area contributed by atoms with Gasteiger partial charge >= 0.3 is 0 Å². The van der Waals surface area contributed by atoms with Crippen LogP contribution in [-0.2, 0) is 4.74 Å². The zero-order valence-corrected chi connectivity index (χ0v) is 29.6. The molecule has 0 spiro atoms. The molecule has 4 aromatic rings. The van der Waals surface area contributed by atoms with Gasteiger partial charge in [0.2, 0.25) is 0 Å². The minimum atomic E-state index is -0.840. The second-order valence-corrected chi connectivity index (χ2v) is 12.5. The molecule has 1 aliphatic rings. The summed E-state index contributed by atoms with van der Waals surface area (Å²) in [5.74, 6) is 3.76. The highest BCUT2D eigenvalue weighted by Crippen LogP contribution is 2.45. The Bertz CT molecular complexity index is 1600. The second kappa shape index (κ2) is 15.8. The summed E-state index contributed by atoms with van der Waals surface area (Å²) in [4.78, 5) is 0. The zero-order valence-electron chi connectivity index (χ0n) is 29.6. The fourth-order valence-electron chi connectivity index (χ4n) is 6.33. The van der Waals surface area contributed by atoms with Crippen LogP contribution in [0.25, 0.3) is 0 Å². The maximum absolute atomic E-state index is 11.0. The van der Waals surface area contributed by atoms with Crippen LogP contribution in [0.3, 0.4) is 0 Å². The van der Waals surface area contributed by atoms with Gasteiger partial charge in [-0.2, -0.15) is 0 Å². The number of hydrogen-bond donors (Lipinski definition) is 2. The van der Waals surface area contributed by atoms with Crippen LogP contribution in [0, 0.1) is 13.8 Å². The van der Waals surface area contributed by atoms with Gasteiger partial charge in [0.05, 0.1) is 40.6 Å². The molecule has 0 aromatic heterocycles. The van der Waals surface area contributed by atoms with Gasteiger partial charge in [-0.1, -0.05) is 24.3 Å². The first-order chi connectivity index (χ1) is 23.6. The minimum Gasteiger partial charge on any atom is -0.496 e. The number of hydrogen-bond acceptors (Lipinski definition) is 9. The SMILES string of the molecule is COc1ccc([C@@H](O)[C@@H](C)Oc2ccc(C3CC[C@@H](c4ccc(O[C@H](C)[C@H](O)c5ccc(OC)c(C)c5)c(OC)c4)O3)cc2OC)cc1C. The van der Waals surface area contributed by atoms with Crippen LogP contribution in [0.5, 0.6) is 34.5 Å². The van der Waals surface area contributed by atoms with Crippen LogP contribution in [0.2, 0.25) is 0 Å². The van der Waals surface area contributed by atoms with E-state index in [-0.39, 0.29) is 12.2 Å². The van der Waals surface area contributed by atoms with Crippen molar-refractivity contribution >= 4 is 0 Å². The standard InChI is InChI=1S/C40H48O9/c1-23-19-29(11-13-31(23)43-5)39(41)25(3)47-35-15-9-27(21-37(35)45-7)33-17-18-34(49-33)28-10-16-36(38(22-28)46-8)48-26(4)40(42)30-12-14-32(44-6)24(2)20-30/h9-16,19-22,25-26,33-34,39-42H,17-18H2,1-8H3/t25-,26-,33+,34?,39+,40+/m1/s1. The van der Waals surface area contributed by atoms with Crippen molar-refractivity contribution in [3.63, 3.8) is 0 Å². The van der Waals surface area contributed by atoms with Gasteiger partial charge in [0.1, 0.15) is 35.9 Å². The first-order valence-corrected chi connectivity index (χ1v) is 16.6. The highest BCUT2D eigenvalue weighted by Gasteiger charge is 2.30. The normalized spacial score (nSPS) is 18.2. The highest BCUT2D eigenvalue weighted by molar-refractivity contribution is 5.46. The fraction of sp³-hybridized carbons (Fsp3) is 0.400. The van der Waals surface area contributed by atoms with Gasteiger partial charge in [0.15, 0.2) is 23.0 Å².